The third-order valence-corrected chi connectivity index (χ3v) is 3.82. The summed E-state index contributed by atoms with van der Waals surface area (Å²) in [5.41, 5.74) is 1.93. The molecule has 142 valence electrons. The molecule has 0 atom stereocenters. The van der Waals surface area contributed by atoms with Crippen molar-refractivity contribution in [2.24, 2.45) is 4.99 Å². The molecule has 0 radical (unpaired) electrons. The largest absolute Gasteiger partial charge is 0.493 e. The fourth-order valence-electron chi connectivity index (χ4n) is 2.49. The van der Waals surface area contributed by atoms with Crippen LogP contribution in [0.3, 0.4) is 0 Å². The van der Waals surface area contributed by atoms with E-state index in [4.69, 9.17) is 15.9 Å². The number of rotatable bonds is 8. The van der Waals surface area contributed by atoms with E-state index in [0.717, 1.165) is 11.1 Å². The van der Waals surface area contributed by atoms with Gasteiger partial charge in [0.25, 0.3) is 0 Å². The van der Waals surface area contributed by atoms with Crippen LogP contribution in [0.4, 0.5) is 4.39 Å². The maximum atomic E-state index is 13.2. The zero-order chi connectivity index (χ0) is 19.5. The van der Waals surface area contributed by atoms with Crippen molar-refractivity contribution in [3.8, 4) is 23.8 Å². The number of nitrogens with one attached hydrogen (secondary N) is 2. The quantitative estimate of drug-likeness (QED) is 0.427. The minimum absolute atomic E-state index is 0.177. The Kier molecular flexibility index (Phi) is 7.98. The number of methoxy groups -OCH3 is 1. The molecule has 2 rings (SSSR count). The first-order valence-electron chi connectivity index (χ1n) is 8.58. The lowest BCUT2D eigenvalue weighted by Crippen LogP contribution is -2.37. The summed E-state index contributed by atoms with van der Waals surface area (Å²) in [4.78, 5) is 4.20. The van der Waals surface area contributed by atoms with Crippen LogP contribution in [0.25, 0.3) is 0 Å². The van der Waals surface area contributed by atoms with Gasteiger partial charge in [-0.2, -0.15) is 0 Å². The minimum Gasteiger partial charge on any atom is -0.493 e. The highest BCUT2D eigenvalue weighted by Gasteiger charge is 2.06. The Balaban J connectivity index is 1.87. The first kappa shape index (κ1) is 20.1. The van der Waals surface area contributed by atoms with E-state index in [0.29, 0.717) is 37.0 Å². The summed E-state index contributed by atoms with van der Waals surface area (Å²) < 4.78 is 24.0. The molecule has 2 aromatic rings. The Bertz CT molecular complexity index is 815. The summed E-state index contributed by atoms with van der Waals surface area (Å²) in [7, 11) is 3.29. The number of aliphatic imine (C=N–C) groups is 1. The molecule has 2 N–H and O–H groups in total. The maximum Gasteiger partial charge on any atom is 0.191 e. The highest BCUT2D eigenvalue weighted by Crippen LogP contribution is 2.27. The van der Waals surface area contributed by atoms with Crippen LogP contribution in [0.1, 0.15) is 11.1 Å². The van der Waals surface area contributed by atoms with E-state index < -0.39 is 0 Å². The van der Waals surface area contributed by atoms with E-state index in [9.17, 15) is 4.39 Å². The molecule has 0 fully saturated rings. The van der Waals surface area contributed by atoms with Crippen molar-refractivity contribution in [3.05, 3.63) is 59.4 Å². The Morgan fingerprint density at radius 2 is 2.00 bits per heavy atom. The van der Waals surface area contributed by atoms with Gasteiger partial charge < -0.3 is 20.1 Å². The minimum atomic E-state index is -0.225. The van der Waals surface area contributed by atoms with E-state index in [-0.39, 0.29) is 12.4 Å². The Morgan fingerprint density at radius 3 is 2.70 bits per heavy atom. The lowest BCUT2D eigenvalue weighted by atomic mass is 10.1. The second-order valence-corrected chi connectivity index (χ2v) is 5.71. The molecule has 27 heavy (non-hydrogen) atoms. The monoisotopic (exact) mass is 369 g/mol. The second kappa shape index (κ2) is 10.7. The molecule has 6 heteroatoms. The average molecular weight is 369 g/mol. The van der Waals surface area contributed by atoms with Crippen LogP contribution in [0.15, 0.2) is 47.5 Å². The van der Waals surface area contributed by atoms with Crippen LogP contribution in [0, 0.1) is 18.2 Å². The van der Waals surface area contributed by atoms with E-state index in [1.54, 1.807) is 20.2 Å². The number of hydrogen-bond acceptors (Lipinski definition) is 3. The number of terminal acetylenes is 1. The smallest absolute Gasteiger partial charge is 0.191 e. The molecule has 0 spiro atoms. The number of nitrogens with zero attached hydrogens (tertiary/aromatic N) is 1. The van der Waals surface area contributed by atoms with Crippen molar-refractivity contribution < 1.29 is 13.9 Å². The normalized spacial score (nSPS) is 10.8. The standard InChI is InChI=1S/C21H24FN3O2/c1-4-12-27-20-14-17(8-9-19(20)26-3)15-25-21(23-2)24-11-10-16-6-5-7-18(22)13-16/h1,5-9,13-14H,10-12,15H2,2-3H3,(H2,23,24,25). The first-order chi connectivity index (χ1) is 13.2. The molecule has 0 aromatic heterocycles. The third-order valence-electron chi connectivity index (χ3n) is 3.82. The molecule has 0 saturated carbocycles. The molecule has 0 heterocycles. The highest BCUT2D eigenvalue weighted by atomic mass is 19.1. The predicted molar refractivity (Wildman–Crippen MR) is 106 cm³/mol. The first-order valence-corrected chi connectivity index (χ1v) is 8.58. The maximum absolute atomic E-state index is 13.2. The van der Waals surface area contributed by atoms with Crippen LogP contribution >= 0.6 is 0 Å². The molecular formula is C21H24FN3O2. The van der Waals surface area contributed by atoms with Crippen molar-refractivity contribution in [2.75, 3.05) is 27.3 Å². The molecule has 5 nitrogen and oxygen atoms in total. The average Bonchev–Trinajstić information content (AvgIpc) is 2.69. The van der Waals surface area contributed by atoms with Crippen molar-refractivity contribution in [2.45, 2.75) is 13.0 Å². The third kappa shape index (κ3) is 6.55. The molecule has 0 aliphatic heterocycles. The van der Waals surface area contributed by atoms with Gasteiger partial charge >= 0.3 is 0 Å². The SMILES string of the molecule is C#CCOc1cc(CNC(=NC)NCCc2cccc(F)c2)ccc1OC. The van der Waals surface area contributed by atoms with Gasteiger partial charge in [0, 0.05) is 20.1 Å². The number of hydrogen-bond donors (Lipinski definition) is 2. The zero-order valence-corrected chi connectivity index (χ0v) is 15.6. The van der Waals surface area contributed by atoms with E-state index in [2.05, 4.69) is 21.5 Å². The summed E-state index contributed by atoms with van der Waals surface area (Å²) in [6.45, 7) is 1.37. The summed E-state index contributed by atoms with van der Waals surface area (Å²) in [5.74, 6) is 4.11. The van der Waals surface area contributed by atoms with Gasteiger partial charge in [-0.15, -0.1) is 6.42 Å². The lowest BCUT2D eigenvalue weighted by molar-refractivity contribution is 0.330. The van der Waals surface area contributed by atoms with Gasteiger partial charge in [0.2, 0.25) is 0 Å². The van der Waals surface area contributed by atoms with Gasteiger partial charge in [-0.3, -0.25) is 4.99 Å². The Labute approximate surface area is 159 Å². The molecule has 0 bridgehead atoms. The van der Waals surface area contributed by atoms with Crippen molar-refractivity contribution >= 4 is 5.96 Å². The molecule has 0 amide bonds. The molecule has 0 saturated heterocycles. The van der Waals surface area contributed by atoms with E-state index >= 15 is 0 Å². The van der Waals surface area contributed by atoms with Crippen LogP contribution in [0.5, 0.6) is 11.5 Å². The molecule has 0 aliphatic rings. The predicted octanol–water partition coefficient (Wildman–Crippen LogP) is 2.75. The zero-order valence-electron chi connectivity index (χ0n) is 15.6. The Hall–Kier alpha value is -3.20. The van der Waals surface area contributed by atoms with E-state index in [1.165, 1.54) is 12.1 Å². The highest BCUT2D eigenvalue weighted by molar-refractivity contribution is 5.79. The van der Waals surface area contributed by atoms with Crippen molar-refractivity contribution in [3.63, 3.8) is 0 Å². The summed E-state index contributed by atoms with van der Waals surface area (Å²) >= 11 is 0. The molecule has 0 aliphatic carbocycles. The van der Waals surface area contributed by atoms with Gasteiger partial charge in [-0.1, -0.05) is 24.1 Å². The Morgan fingerprint density at radius 1 is 1.15 bits per heavy atom. The molecule has 2 aromatic carbocycles. The van der Waals surface area contributed by atoms with Gasteiger partial charge in [-0.25, -0.2) is 4.39 Å². The summed E-state index contributed by atoms with van der Waals surface area (Å²) in [6.07, 6.45) is 5.95. The van der Waals surface area contributed by atoms with Crippen molar-refractivity contribution in [1.82, 2.24) is 10.6 Å². The topological polar surface area (TPSA) is 54.9 Å². The van der Waals surface area contributed by atoms with Gasteiger partial charge in [0.1, 0.15) is 12.4 Å². The van der Waals surface area contributed by atoms with Crippen LogP contribution in [-0.4, -0.2) is 33.3 Å². The fraction of sp³-hybridized carbons (Fsp3) is 0.286. The van der Waals surface area contributed by atoms with Crippen LogP contribution in [-0.2, 0) is 13.0 Å². The van der Waals surface area contributed by atoms with Gasteiger partial charge in [0.05, 0.1) is 7.11 Å². The van der Waals surface area contributed by atoms with Crippen molar-refractivity contribution in [1.29, 1.82) is 0 Å². The van der Waals surface area contributed by atoms with E-state index in [1.807, 2.05) is 24.3 Å². The number of guanidine groups is 1. The molecular weight excluding hydrogens is 345 g/mol. The summed E-state index contributed by atoms with van der Waals surface area (Å²) in [6, 6.07) is 12.2. The van der Waals surface area contributed by atoms with Gasteiger partial charge in [-0.05, 0) is 41.8 Å². The fourth-order valence-corrected chi connectivity index (χ4v) is 2.49. The number of benzene rings is 2. The van der Waals surface area contributed by atoms with Crippen LogP contribution in [0.2, 0.25) is 0 Å². The number of ether oxygens (including phenoxy) is 2. The lowest BCUT2D eigenvalue weighted by Gasteiger charge is -2.14. The number of halogens is 1. The van der Waals surface area contributed by atoms with Gasteiger partial charge in [0.15, 0.2) is 17.5 Å². The molecule has 0 unspecified atom stereocenters. The summed E-state index contributed by atoms with van der Waals surface area (Å²) in [5, 5.41) is 6.45. The van der Waals surface area contributed by atoms with Crippen LogP contribution < -0.4 is 20.1 Å². The second-order valence-electron chi connectivity index (χ2n) is 5.71.